The molecule has 6 rings (SSSR count). The smallest absolute Gasteiger partial charge is 0.254 e. The summed E-state index contributed by atoms with van der Waals surface area (Å²) in [6, 6.07) is 21.9. The van der Waals surface area contributed by atoms with E-state index in [2.05, 4.69) is 20.7 Å². The zero-order valence-electron chi connectivity index (χ0n) is 24.2. The largest absolute Gasteiger partial charge is 0.489 e. The molecule has 1 fully saturated rings. The van der Waals surface area contributed by atoms with Crippen LogP contribution in [0.4, 0.5) is 26.1 Å². The Hall–Kier alpha value is -5.36. The first-order chi connectivity index (χ1) is 21.9. The van der Waals surface area contributed by atoms with Crippen molar-refractivity contribution in [3.8, 4) is 16.9 Å². The van der Waals surface area contributed by atoms with Gasteiger partial charge in [-0.05, 0) is 65.7 Å². The molecule has 12 heteroatoms. The van der Waals surface area contributed by atoms with E-state index >= 15 is 0 Å². The molecule has 230 valence electrons. The standard InChI is InChI=1S/C33H30F2N6O4/c34-13-16-45-29-20-24(32(43)40-14-17-44-18-15-40)5-11-28(29)37-33-38-30-12-6-25(21-41(30)39-33)23-3-9-27(10-4-23)36-31(42)19-22-1-7-26(35)8-2-22/h1-12,20-21H,13-19H2,(H,36,42)(H,37,39). The van der Waals surface area contributed by atoms with E-state index in [1.54, 1.807) is 39.7 Å². The molecule has 45 heavy (non-hydrogen) atoms. The van der Waals surface area contributed by atoms with Crippen LogP contribution in [0.1, 0.15) is 15.9 Å². The Balaban J connectivity index is 1.14. The van der Waals surface area contributed by atoms with Gasteiger partial charge in [0.15, 0.2) is 5.65 Å². The third-order valence-electron chi connectivity index (χ3n) is 7.22. The van der Waals surface area contributed by atoms with Gasteiger partial charge in [-0.1, -0.05) is 24.3 Å². The van der Waals surface area contributed by atoms with Gasteiger partial charge in [-0.25, -0.2) is 13.3 Å². The molecule has 2 N–H and O–H groups in total. The predicted octanol–water partition coefficient (Wildman–Crippen LogP) is 5.28. The monoisotopic (exact) mass is 612 g/mol. The molecule has 10 nitrogen and oxygen atoms in total. The molecule has 2 aromatic heterocycles. The number of amides is 2. The van der Waals surface area contributed by atoms with Gasteiger partial charge in [-0.2, -0.15) is 4.98 Å². The number of aromatic nitrogens is 3. The molecule has 1 saturated heterocycles. The Bertz CT molecular complexity index is 1810. The number of halogens is 2. The Morgan fingerprint density at radius 2 is 1.69 bits per heavy atom. The fraction of sp³-hybridized carbons (Fsp3) is 0.212. The number of benzene rings is 3. The lowest BCUT2D eigenvalue weighted by Gasteiger charge is -2.27. The average molecular weight is 613 g/mol. The molecule has 5 aromatic rings. The highest BCUT2D eigenvalue weighted by Gasteiger charge is 2.20. The number of pyridine rings is 1. The quantitative estimate of drug-likeness (QED) is 0.221. The fourth-order valence-corrected chi connectivity index (χ4v) is 4.94. The number of nitrogens with one attached hydrogen (secondary N) is 2. The van der Waals surface area contributed by atoms with E-state index in [1.807, 2.05) is 42.6 Å². The number of hydrogen-bond acceptors (Lipinski definition) is 7. The molecule has 1 aliphatic heterocycles. The number of morpholine rings is 1. The van der Waals surface area contributed by atoms with Gasteiger partial charge in [0.2, 0.25) is 11.9 Å². The number of ether oxygens (including phenoxy) is 2. The SMILES string of the molecule is O=C(Cc1ccc(F)cc1)Nc1ccc(-c2ccc3nc(Nc4ccc(C(=O)N5CCOCC5)cc4OCCF)nn3c2)cc1. The zero-order chi connectivity index (χ0) is 31.2. The minimum Gasteiger partial charge on any atom is -0.489 e. The second kappa shape index (κ2) is 13.5. The van der Waals surface area contributed by atoms with E-state index in [-0.39, 0.29) is 30.7 Å². The van der Waals surface area contributed by atoms with Crippen LogP contribution < -0.4 is 15.4 Å². The van der Waals surface area contributed by atoms with Crippen molar-refractivity contribution in [3.05, 3.63) is 102 Å². The number of carbonyl (C=O) groups is 2. The first-order valence-electron chi connectivity index (χ1n) is 14.4. The van der Waals surface area contributed by atoms with Crippen molar-refractivity contribution in [3.63, 3.8) is 0 Å². The maximum absolute atomic E-state index is 13.1. The van der Waals surface area contributed by atoms with Crippen molar-refractivity contribution in [1.29, 1.82) is 0 Å². The summed E-state index contributed by atoms with van der Waals surface area (Å²) in [7, 11) is 0. The van der Waals surface area contributed by atoms with E-state index in [0.29, 0.717) is 60.6 Å². The van der Waals surface area contributed by atoms with Gasteiger partial charge in [-0.3, -0.25) is 9.59 Å². The van der Waals surface area contributed by atoms with E-state index in [4.69, 9.17) is 9.47 Å². The molecule has 0 spiro atoms. The highest BCUT2D eigenvalue weighted by Crippen LogP contribution is 2.30. The van der Waals surface area contributed by atoms with Crippen LogP contribution in [0.3, 0.4) is 0 Å². The van der Waals surface area contributed by atoms with Crippen molar-refractivity contribution in [2.24, 2.45) is 0 Å². The predicted molar refractivity (Wildman–Crippen MR) is 165 cm³/mol. The van der Waals surface area contributed by atoms with E-state index in [9.17, 15) is 18.4 Å². The lowest BCUT2D eigenvalue weighted by molar-refractivity contribution is -0.115. The van der Waals surface area contributed by atoms with Gasteiger partial charge >= 0.3 is 0 Å². The molecular formula is C33H30F2N6O4. The van der Waals surface area contributed by atoms with Crippen LogP contribution in [-0.2, 0) is 16.0 Å². The highest BCUT2D eigenvalue weighted by atomic mass is 19.1. The van der Waals surface area contributed by atoms with Gasteiger partial charge in [0.25, 0.3) is 5.91 Å². The minimum absolute atomic E-state index is 0.140. The number of alkyl halides is 1. The lowest BCUT2D eigenvalue weighted by Crippen LogP contribution is -2.40. The van der Waals surface area contributed by atoms with Crippen molar-refractivity contribution in [2.45, 2.75) is 6.42 Å². The Morgan fingerprint density at radius 1 is 0.933 bits per heavy atom. The summed E-state index contributed by atoms with van der Waals surface area (Å²) in [4.78, 5) is 31.6. The molecule has 0 bridgehead atoms. The van der Waals surface area contributed by atoms with Gasteiger partial charge in [0.05, 0.1) is 25.3 Å². The number of anilines is 3. The first kappa shape index (κ1) is 29.7. The Morgan fingerprint density at radius 3 is 2.44 bits per heavy atom. The normalized spacial score (nSPS) is 13.1. The molecule has 3 aromatic carbocycles. The summed E-state index contributed by atoms with van der Waals surface area (Å²) in [6.45, 7) is 1.14. The molecule has 0 radical (unpaired) electrons. The summed E-state index contributed by atoms with van der Waals surface area (Å²) in [5.41, 5.74) is 4.67. The molecule has 0 aliphatic carbocycles. The van der Waals surface area contributed by atoms with Crippen LogP contribution in [0.25, 0.3) is 16.8 Å². The summed E-state index contributed by atoms with van der Waals surface area (Å²) < 4.78 is 38.7. The third-order valence-corrected chi connectivity index (χ3v) is 7.22. The van der Waals surface area contributed by atoms with Crippen LogP contribution in [0.5, 0.6) is 5.75 Å². The van der Waals surface area contributed by atoms with Gasteiger partial charge in [-0.15, -0.1) is 5.10 Å². The van der Waals surface area contributed by atoms with E-state index in [0.717, 1.165) is 16.7 Å². The molecule has 1 aliphatic rings. The molecule has 0 atom stereocenters. The minimum atomic E-state index is -0.681. The maximum atomic E-state index is 13.1. The van der Waals surface area contributed by atoms with Crippen molar-refractivity contribution < 1.29 is 27.8 Å². The van der Waals surface area contributed by atoms with Gasteiger partial charge < -0.3 is 25.0 Å². The average Bonchev–Trinajstić information content (AvgIpc) is 3.47. The third kappa shape index (κ3) is 7.24. The fourth-order valence-electron chi connectivity index (χ4n) is 4.94. The molecule has 3 heterocycles. The van der Waals surface area contributed by atoms with Crippen molar-refractivity contribution in [1.82, 2.24) is 19.5 Å². The molecular weight excluding hydrogens is 582 g/mol. The highest BCUT2D eigenvalue weighted by molar-refractivity contribution is 5.95. The molecule has 0 saturated carbocycles. The van der Waals surface area contributed by atoms with E-state index in [1.165, 1.54) is 12.1 Å². The summed E-state index contributed by atoms with van der Waals surface area (Å²) >= 11 is 0. The first-order valence-corrected chi connectivity index (χ1v) is 14.4. The Kier molecular flexibility index (Phi) is 8.92. The van der Waals surface area contributed by atoms with Crippen LogP contribution in [0.2, 0.25) is 0 Å². The van der Waals surface area contributed by atoms with Crippen LogP contribution >= 0.6 is 0 Å². The number of fused-ring (bicyclic) bond motifs is 1. The topological polar surface area (TPSA) is 110 Å². The lowest BCUT2D eigenvalue weighted by atomic mass is 10.1. The van der Waals surface area contributed by atoms with Crippen LogP contribution in [0, 0.1) is 5.82 Å². The van der Waals surface area contributed by atoms with E-state index < -0.39 is 6.67 Å². The maximum Gasteiger partial charge on any atom is 0.254 e. The summed E-state index contributed by atoms with van der Waals surface area (Å²) in [5.74, 6) is -0.0763. The van der Waals surface area contributed by atoms with Crippen molar-refractivity contribution in [2.75, 3.05) is 50.2 Å². The molecule has 0 unspecified atom stereocenters. The number of nitrogens with zero attached hydrogens (tertiary/aromatic N) is 4. The Labute approximate surface area is 257 Å². The summed E-state index contributed by atoms with van der Waals surface area (Å²) in [5, 5.41) is 10.5. The number of carbonyl (C=O) groups excluding carboxylic acids is 2. The summed E-state index contributed by atoms with van der Waals surface area (Å²) in [6.07, 6.45) is 1.97. The second-order valence-corrected chi connectivity index (χ2v) is 10.4. The van der Waals surface area contributed by atoms with Gasteiger partial charge in [0.1, 0.15) is 24.8 Å². The van der Waals surface area contributed by atoms with Crippen LogP contribution in [-0.4, -0.2) is 70.9 Å². The zero-order valence-corrected chi connectivity index (χ0v) is 24.2. The van der Waals surface area contributed by atoms with Crippen LogP contribution in [0.15, 0.2) is 85.1 Å². The molecule has 2 amide bonds. The van der Waals surface area contributed by atoms with Gasteiger partial charge in [0, 0.05) is 36.1 Å². The number of hydrogen-bond donors (Lipinski definition) is 2. The second-order valence-electron chi connectivity index (χ2n) is 10.4. The number of rotatable bonds is 10. The van der Waals surface area contributed by atoms with Crippen molar-refractivity contribution >= 4 is 34.8 Å².